The third kappa shape index (κ3) is 4.39. The third-order valence-electron chi connectivity index (χ3n) is 3.39. The molecule has 0 atom stereocenters. The second kappa shape index (κ2) is 7.54. The first-order valence-corrected chi connectivity index (χ1v) is 7.25. The molecule has 2 rings (SSSR count). The monoisotopic (exact) mass is 315 g/mol. The fourth-order valence-electron chi connectivity index (χ4n) is 2.09. The summed E-state index contributed by atoms with van der Waals surface area (Å²) in [4.78, 5) is 12.1. The predicted octanol–water partition coefficient (Wildman–Crippen LogP) is 3.34. The molecule has 0 saturated carbocycles. The number of hydrogen-bond donors (Lipinski definition) is 1. The largest absolute Gasteiger partial charge is 0.497 e. The molecule has 1 N–H and O–H groups in total. The maximum absolute atomic E-state index is 12.1. The predicted molar refractivity (Wildman–Crippen MR) is 89.6 cm³/mol. The van der Waals surface area contributed by atoms with Crippen LogP contribution in [0.4, 0.5) is 5.69 Å². The number of carbonyl (C=O) groups excluding carboxylic acids is 1. The highest BCUT2D eigenvalue weighted by molar-refractivity contribution is 5.93. The van der Waals surface area contributed by atoms with E-state index in [2.05, 4.69) is 5.32 Å². The molecule has 122 valence electrons. The molecule has 5 heteroatoms. The lowest BCUT2D eigenvalue weighted by Crippen LogP contribution is -2.20. The smallest absolute Gasteiger partial charge is 0.262 e. The topological polar surface area (TPSA) is 56.8 Å². The van der Waals surface area contributed by atoms with Gasteiger partial charge in [-0.3, -0.25) is 4.79 Å². The molecule has 0 spiro atoms. The molecular formula is C18H21NO4. The number of methoxy groups -OCH3 is 2. The molecule has 2 aromatic rings. The van der Waals surface area contributed by atoms with Crippen LogP contribution in [0, 0.1) is 13.8 Å². The Balaban J connectivity index is 2.01. The molecule has 0 aromatic heterocycles. The number of amides is 1. The Labute approximate surface area is 136 Å². The van der Waals surface area contributed by atoms with Gasteiger partial charge in [0.05, 0.1) is 19.9 Å². The molecule has 0 radical (unpaired) electrons. The summed E-state index contributed by atoms with van der Waals surface area (Å²) in [5.74, 6) is 1.65. The zero-order chi connectivity index (χ0) is 16.8. The van der Waals surface area contributed by atoms with E-state index >= 15 is 0 Å². The van der Waals surface area contributed by atoms with Crippen molar-refractivity contribution in [2.24, 2.45) is 0 Å². The number of hydrogen-bond acceptors (Lipinski definition) is 4. The van der Waals surface area contributed by atoms with Crippen molar-refractivity contribution in [1.82, 2.24) is 0 Å². The average molecular weight is 315 g/mol. The van der Waals surface area contributed by atoms with Crippen LogP contribution in [0.5, 0.6) is 17.2 Å². The van der Waals surface area contributed by atoms with Crippen LogP contribution >= 0.6 is 0 Å². The van der Waals surface area contributed by atoms with E-state index in [1.807, 2.05) is 32.0 Å². The molecule has 0 aliphatic heterocycles. The molecule has 2 aromatic carbocycles. The molecule has 23 heavy (non-hydrogen) atoms. The second-order valence-corrected chi connectivity index (χ2v) is 5.17. The van der Waals surface area contributed by atoms with Gasteiger partial charge in [0.1, 0.15) is 17.2 Å². The van der Waals surface area contributed by atoms with Gasteiger partial charge in [0.2, 0.25) is 0 Å². The zero-order valence-corrected chi connectivity index (χ0v) is 13.8. The van der Waals surface area contributed by atoms with Crippen molar-refractivity contribution in [3.05, 3.63) is 47.5 Å². The Morgan fingerprint density at radius 1 is 1.00 bits per heavy atom. The summed E-state index contributed by atoms with van der Waals surface area (Å²) >= 11 is 0. The Kier molecular flexibility index (Phi) is 5.46. The van der Waals surface area contributed by atoms with Crippen LogP contribution in [-0.2, 0) is 4.79 Å². The molecular weight excluding hydrogens is 294 g/mol. The van der Waals surface area contributed by atoms with Gasteiger partial charge < -0.3 is 19.5 Å². The lowest BCUT2D eigenvalue weighted by atomic mass is 10.1. The van der Waals surface area contributed by atoms with E-state index in [9.17, 15) is 4.79 Å². The van der Waals surface area contributed by atoms with Crippen LogP contribution in [0.3, 0.4) is 0 Å². The number of carbonyl (C=O) groups is 1. The first-order valence-electron chi connectivity index (χ1n) is 7.25. The van der Waals surface area contributed by atoms with E-state index < -0.39 is 0 Å². The minimum Gasteiger partial charge on any atom is -0.497 e. The summed E-state index contributed by atoms with van der Waals surface area (Å²) in [6.07, 6.45) is 0. The summed E-state index contributed by atoms with van der Waals surface area (Å²) in [6, 6.07) is 11.1. The summed E-state index contributed by atoms with van der Waals surface area (Å²) < 4.78 is 16.0. The maximum atomic E-state index is 12.1. The van der Waals surface area contributed by atoms with Crippen LogP contribution in [0.1, 0.15) is 11.1 Å². The fraction of sp³-hybridized carbons (Fsp3) is 0.278. The Morgan fingerprint density at radius 3 is 2.48 bits per heavy atom. The standard InChI is InChI=1S/C18H21NO4/c1-12-5-6-13(2)16(9-12)23-11-18(20)19-15-8-7-14(21-3)10-17(15)22-4/h5-10H,11H2,1-4H3,(H,19,20). The number of aryl methyl sites for hydroxylation is 2. The first-order chi connectivity index (χ1) is 11.0. The average Bonchev–Trinajstić information content (AvgIpc) is 2.56. The van der Waals surface area contributed by atoms with Crippen molar-refractivity contribution in [3.8, 4) is 17.2 Å². The fourth-order valence-corrected chi connectivity index (χ4v) is 2.09. The lowest BCUT2D eigenvalue weighted by Gasteiger charge is -2.13. The number of anilines is 1. The summed E-state index contributed by atoms with van der Waals surface area (Å²) in [6.45, 7) is 3.85. The minimum absolute atomic E-state index is 0.0700. The van der Waals surface area contributed by atoms with Gasteiger partial charge in [-0.25, -0.2) is 0 Å². The molecule has 0 aliphatic rings. The van der Waals surface area contributed by atoms with E-state index in [0.29, 0.717) is 22.9 Å². The summed E-state index contributed by atoms with van der Waals surface area (Å²) in [7, 11) is 3.11. The number of nitrogens with one attached hydrogen (secondary N) is 1. The van der Waals surface area contributed by atoms with E-state index in [1.54, 1.807) is 25.3 Å². The van der Waals surface area contributed by atoms with Gasteiger partial charge in [0.15, 0.2) is 6.61 Å². The van der Waals surface area contributed by atoms with Gasteiger partial charge in [-0.1, -0.05) is 12.1 Å². The van der Waals surface area contributed by atoms with Crippen LogP contribution < -0.4 is 19.5 Å². The van der Waals surface area contributed by atoms with Gasteiger partial charge in [-0.2, -0.15) is 0 Å². The van der Waals surface area contributed by atoms with Gasteiger partial charge >= 0.3 is 0 Å². The summed E-state index contributed by atoms with van der Waals surface area (Å²) in [5.41, 5.74) is 2.65. The van der Waals surface area contributed by atoms with Crippen LogP contribution in [-0.4, -0.2) is 26.7 Å². The highest BCUT2D eigenvalue weighted by Gasteiger charge is 2.10. The SMILES string of the molecule is COc1ccc(NC(=O)COc2cc(C)ccc2C)c(OC)c1. The highest BCUT2D eigenvalue weighted by Crippen LogP contribution is 2.29. The number of rotatable bonds is 6. The van der Waals surface area contributed by atoms with Crippen LogP contribution in [0.25, 0.3) is 0 Å². The van der Waals surface area contributed by atoms with Crippen molar-refractivity contribution >= 4 is 11.6 Å². The normalized spacial score (nSPS) is 10.1. The third-order valence-corrected chi connectivity index (χ3v) is 3.39. The van der Waals surface area contributed by atoms with Crippen molar-refractivity contribution < 1.29 is 19.0 Å². The van der Waals surface area contributed by atoms with E-state index in [0.717, 1.165) is 11.1 Å². The molecule has 0 bridgehead atoms. The molecule has 0 heterocycles. The Morgan fingerprint density at radius 2 is 1.78 bits per heavy atom. The van der Waals surface area contributed by atoms with E-state index in [4.69, 9.17) is 14.2 Å². The Bertz CT molecular complexity index is 697. The quantitative estimate of drug-likeness (QED) is 0.888. The van der Waals surface area contributed by atoms with Crippen molar-refractivity contribution in [2.75, 3.05) is 26.1 Å². The van der Waals surface area contributed by atoms with Gasteiger partial charge in [-0.05, 0) is 43.2 Å². The summed E-state index contributed by atoms with van der Waals surface area (Å²) in [5, 5.41) is 2.77. The minimum atomic E-state index is -0.255. The van der Waals surface area contributed by atoms with Gasteiger partial charge in [-0.15, -0.1) is 0 Å². The molecule has 1 amide bonds. The van der Waals surface area contributed by atoms with Gasteiger partial charge in [0.25, 0.3) is 5.91 Å². The second-order valence-electron chi connectivity index (χ2n) is 5.17. The van der Waals surface area contributed by atoms with Gasteiger partial charge in [0, 0.05) is 6.07 Å². The van der Waals surface area contributed by atoms with Crippen LogP contribution in [0.2, 0.25) is 0 Å². The van der Waals surface area contributed by atoms with Crippen molar-refractivity contribution in [2.45, 2.75) is 13.8 Å². The molecule has 0 aliphatic carbocycles. The van der Waals surface area contributed by atoms with Crippen molar-refractivity contribution in [3.63, 3.8) is 0 Å². The van der Waals surface area contributed by atoms with Crippen molar-refractivity contribution in [1.29, 1.82) is 0 Å². The molecule has 5 nitrogen and oxygen atoms in total. The van der Waals surface area contributed by atoms with E-state index in [-0.39, 0.29) is 12.5 Å². The van der Waals surface area contributed by atoms with E-state index in [1.165, 1.54) is 7.11 Å². The molecule has 0 unspecified atom stereocenters. The number of ether oxygens (including phenoxy) is 3. The maximum Gasteiger partial charge on any atom is 0.262 e. The van der Waals surface area contributed by atoms with Crippen LogP contribution in [0.15, 0.2) is 36.4 Å². The molecule has 0 saturated heterocycles. The molecule has 0 fully saturated rings. The number of benzene rings is 2. The zero-order valence-electron chi connectivity index (χ0n) is 13.8. The highest BCUT2D eigenvalue weighted by atomic mass is 16.5. The first kappa shape index (κ1) is 16.7. The lowest BCUT2D eigenvalue weighted by molar-refractivity contribution is -0.118. The Hall–Kier alpha value is -2.69.